The molecule has 0 fully saturated rings. The van der Waals surface area contributed by atoms with Gasteiger partial charge in [0.1, 0.15) is 0 Å². The van der Waals surface area contributed by atoms with E-state index in [1.807, 2.05) is 6.07 Å². The Hall–Kier alpha value is -1.08. The molecule has 0 radical (unpaired) electrons. The first-order chi connectivity index (χ1) is 8.84. The molecule has 1 N–H and O–H groups in total. The van der Waals surface area contributed by atoms with E-state index in [0.29, 0.717) is 17.9 Å². The molecule has 1 aromatic carbocycles. The van der Waals surface area contributed by atoms with Gasteiger partial charge in [-0.2, -0.15) is 0 Å². The van der Waals surface area contributed by atoms with Gasteiger partial charge in [-0.15, -0.1) is 0 Å². The molecule has 5 nitrogen and oxygen atoms in total. The molecule has 104 valence electrons. The van der Waals surface area contributed by atoms with Crippen molar-refractivity contribution < 1.29 is 13.2 Å². The minimum absolute atomic E-state index is 0.00560. The maximum Gasteiger partial charge on any atom is 0.232 e. The highest BCUT2D eigenvalue weighted by Crippen LogP contribution is 2.38. The Labute approximate surface area is 121 Å². The predicted molar refractivity (Wildman–Crippen MR) is 79.0 cm³/mol. The van der Waals surface area contributed by atoms with Crippen LogP contribution in [0.25, 0.3) is 0 Å². The van der Waals surface area contributed by atoms with Gasteiger partial charge in [0, 0.05) is 17.9 Å². The highest BCUT2D eigenvalue weighted by atomic mass is 79.9. The molecule has 19 heavy (non-hydrogen) atoms. The Balaban J connectivity index is 2.52. The van der Waals surface area contributed by atoms with Crippen molar-refractivity contribution in [1.29, 1.82) is 0 Å². The van der Waals surface area contributed by atoms with Crippen molar-refractivity contribution in [2.24, 2.45) is 0 Å². The first-order valence-electron chi connectivity index (χ1n) is 5.95. The van der Waals surface area contributed by atoms with Crippen molar-refractivity contribution in [3.05, 3.63) is 22.2 Å². The number of nitrogens with zero attached hydrogens (tertiary/aromatic N) is 1. The van der Waals surface area contributed by atoms with Crippen LogP contribution in [0.1, 0.15) is 19.4 Å². The van der Waals surface area contributed by atoms with Crippen LogP contribution < -0.4 is 9.62 Å². The summed E-state index contributed by atoms with van der Waals surface area (Å²) in [5.41, 5.74) is 2.10. The standard InChI is InChI=1S/C12H15BrN2O3S/c1-3-19(17,18)14-11-7-10(13)6-9-4-5-15(8(2)16)12(9)11/h6-7,14H,3-5H2,1-2H3. The van der Waals surface area contributed by atoms with Gasteiger partial charge >= 0.3 is 0 Å². The van der Waals surface area contributed by atoms with Gasteiger partial charge in [-0.3, -0.25) is 9.52 Å². The summed E-state index contributed by atoms with van der Waals surface area (Å²) in [6.45, 7) is 3.64. The van der Waals surface area contributed by atoms with Crippen LogP contribution in [0, 0.1) is 0 Å². The second-order valence-electron chi connectivity index (χ2n) is 4.39. The maximum absolute atomic E-state index is 11.7. The van der Waals surface area contributed by atoms with Crippen LogP contribution in [0.15, 0.2) is 16.6 Å². The fourth-order valence-electron chi connectivity index (χ4n) is 2.14. The summed E-state index contributed by atoms with van der Waals surface area (Å²) >= 11 is 3.36. The Kier molecular flexibility index (Phi) is 3.87. The van der Waals surface area contributed by atoms with E-state index in [0.717, 1.165) is 16.5 Å². The zero-order valence-electron chi connectivity index (χ0n) is 10.7. The summed E-state index contributed by atoms with van der Waals surface area (Å²) in [5.74, 6) is -0.0908. The van der Waals surface area contributed by atoms with Gasteiger partial charge < -0.3 is 4.90 Å². The van der Waals surface area contributed by atoms with E-state index < -0.39 is 10.0 Å². The van der Waals surface area contributed by atoms with Crippen LogP contribution >= 0.6 is 15.9 Å². The van der Waals surface area contributed by atoms with Crippen molar-refractivity contribution in [1.82, 2.24) is 0 Å². The van der Waals surface area contributed by atoms with Crippen LogP contribution in [0.2, 0.25) is 0 Å². The Morgan fingerprint density at radius 1 is 1.47 bits per heavy atom. The van der Waals surface area contributed by atoms with Crippen LogP contribution in [-0.4, -0.2) is 26.6 Å². The van der Waals surface area contributed by atoms with Crippen LogP contribution in [0.4, 0.5) is 11.4 Å². The number of amides is 1. The van der Waals surface area contributed by atoms with Gasteiger partial charge in [0.2, 0.25) is 15.9 Å². The van der Waals surface area contributed by atoms with Crippen molar-refractivity contribution in [2.45, 2.75) is 20.3 Å². The number of rotatable bonds is 3. The Morgan fingerprint density at radius 3 is 2.74 bits per heavy atom. The molecule has 1 aliphatic rings. The summed E-state index contributed by atoms with van der Waals surface area (Å²) in [7, 11) is -3.37. The van der Waals surface area contributed by atoms with E-state index in [1.54, 1.807) is 17.9 Å². The molecular formula is C12H15BrN2O3S. The van der Waals surface area contributed by atoms with Gasteiger partial charge in [0.15, 0.2) is 0 Å². The van der Waals surface area contributed by atoms with Crippen molar-refractivity contribution in [3.8, 4) is 0 Å². The van der Waals surface area contributed by atoms with E-state index in [-0.39, 0.29) is 11.7 Å². The van der Waals surface area contributed by atoms with E-state index in [2.05, 4.69) is 20.7 Å². The molecule has 7 heteroatoms. The molecule has 1 amide bonds. The van der Waals surface area contributed by atoms with Crippen molar-refractivity contribution in [3.63, 3.8) is 0 Å². The van der Waals surface area contributed by atoms with E-state index in [1.165, 1.54) is 6.92 Å². The normalized spacial score (nSPS) is 14.4. The third kappa shape index (κ3) is 2.92. The van der Waals surface area contributed by atoms with E-state index >= 15 is 0 Å². The fourth-order valence-corrected chi connectivity index (χ4v) is 3.28. The molecule has 0 saturated heterocycles. The fraction of sp³-hybridized carbons (Fsp3) is 0.417. The number of nitrogens with one attached hydrogen (secondary N) is 1. The number of carbonyl (C=O) groups excluding carboxylic acids is 1. The van der Waals surface area contributed by atoms with Crippen molar-refractivity contribution >= 4 is 43.2 Å². The summed E-state index contributed by atoms with van der Waals surface area (Å²) < 4.78 is 26.8. The molecule has 2 rings (SSSR count). The minimum atomic E-state index is -3.37. The Bertz CT molecular complexity index is 628. The first-order valence-corrected chi connectivity index (χ1v) is 8.39. The largest absolute Gasteiger partial charge is 0.310 e. The summed E-state index contributed by atoms with van der Waals surface area (Å²) in [6, 6.07) is 3.61. The number of anilines is 2. The van der Waals surface area contributed by atoms with E-state index in [9.17, 15) is 13.2 Å². The second-order valence-corrected chi connectivity index (χ2v) is 7.31. The van der Waals surface area contributed by atoms with Crippen LogP contribution in [0.5, 0.6) is 0 Å². The highest BCUT2D eigenvalue weighted by molar-refractivity contribution is 9.10. The number of benzene rings is 1. The average molecular weight is 347 g/mol. The zero-order valence-corrected chi connectivity index (χ0v) is 13.1. The third-order valence-corrected chi connectivity index (χ3v) is 4.80. The number of sulfonamides is 1. The van der Waals surface area contributed by atoms with E-state index in [4.69, 9.17) is 0 Å². The molecule has 0 atom stereocenters. The smallest absolute Gasteiger partial charge is 0.232 e. The maximum atomic E-state index is 11.7. The van der Waals surface area contributed by atoms with Crippen LogP contribution in [-0.2, 0) is 21.2 Å². The van der Waals surface area contributed by atoms with Gasteiger partial charge in [-0.1, -0.05) is 15.9 Å². The van der Waals surface area contributed by atoms with Gasteiger partial charge in [-0.05, 0) is 31.0 Å². The molecule has 1 heterocycles. The Morgan fingerprint density at radius 2 is 2.16 bits per heavy atom. The quantitative estimate of drug-likeness (QED) is 0.911. The number of carbonyl (C=O) groups is 1. The van der Waals surface area contributed by atoms with Gasteiger partial charge in [0.05, 0.1) is 17.1 Å². The summed E-state index contributed by atoms with van der Waals surface area (Å²) in [6.07, 6.45) is 0.731. The number of hydrogen-bond acceptors (Lipinski definition) is 3. The average Bonchev–Trinajstić information content (AvgIpc) is 2.72. The topological polar surface area (TPSA) is 66.5 Å². The van der Waals surface area contributed by atoms with Crippen molar-refractivity contribution in [2.75, 3.05) is 21.9 Å². The lowest BCUT2D eigenvalue weighted by molar-refractivity contribution is -0.116. The number of hydrogen-bond donors (Lipinski definition) is 1. The predicted octanol–water partition coefficient (Wildman–Crippen LogP) is 2.12. The molecule has 0 spiro atoms. The molecule has 0 aliphatic carbocycles. The minimum Gasteiger partial charge on any atom is -0.310 e. The number of fused-ring (bicyclic) bond motifs is 1. The van der Waals surface area contributed by atoms with Gasteiger partial charge in [0.25, 0.3) is 0 Å². The second kappa shape index (κ2) is 5.13. The molecule has 0 aromatic heterocycles. The monoisotopic (exact) mass is 346 g/mol. The molecule has 0 bridgehead atoms. The van der Waals surface area contributed by atoms with Gasteiger partial charge in [-0.25, -0.2) is 8.42 Å². The molecule has 1 aromatic rings. The molecule has 1 aliphatic heterocycles. The summed E-state index contributed by atoms with van der Waals surface area (Å²) in [4.78, 5) is 13.2. The highest BCUT2D eigenvalue weighted by Gasteiger charge is 2.27. The number of halogens is 1. The lowest BCUT2D eigenvalue weighted by atomic mass is 10.1. The molecular weight excluding hydrogens is 332 g/mol. The summed E-state index contributed by atoms with van der Waals surface area (Å²) in [5, 5.41) is 0. The molecule has 0 unspecified atom stereocenters. The SMILES string of the molecule is CCS(=O)(=O)Nc1cc(Br)cc2c1N(C(C)=O)CC2. The third-order valence-electron chi connectivity index (χ3n) is 3.05. The lowest BCUT2D eigenvalue weighted by Gasteiger charge is -2.19. The lowest BCUT2D eigenvalue weighted by Crippen LogP contribution is -2.27. The van der Waals surface area contributed by atoms with Crippen LogP contribution in [0.3, 0.4) is 0 Å². The molecule has 0 saturated carbocycles. The first kappa shape index (κ1) is 14.3. The zero-order chi connectivity index (χ0) is 14.2.